The van der Waals surface area contributed by atoms with Crippen molar-refractivity contribution in [2.45, 2.75) is 76.2 Å². The van der Waals surface area contributed by atoms with Crippen LogP contribution in [0.2, 0.25) is 0 Å². The van der Waals surface area contributed by atoms with E-state index in [0.717, 1.165) is 12.0 Å². The number of aliphatic hydroxyl groups excluding tert-OH is 1. The van der Waals surface area contributed by atoms with E-state index >= 15 is 0 Å². The molecule has 1 aromatic carbocycles. The molecule has 8 nitrogen and oxygen atoms in total. The van der Waals surface area contributed by atoms with E-state index in [1.165, 1.54) is 6.92 Å². The number of hydrogen-bond acceptors (Lipinski definition) is 8. The minimum absolute atomic E-state index is 0.0163. The second-order valence-electron chi connectivity index (χ2n) is 12.7. The third-order valence-corrected chi connectivity index (χ3v) is 11.5. The molecule has 6 aliphatic rings. The first-order valence-electron chi connectivity index (χ1n) is 13.5. The highest BCUT2D eigenvalue weighted by atomic mass is 16.6. The van der Waals surface area contributed by atoms with Crippen LogP contribution in [0.15, 0.2) is 30.3 Å². The second kappa shape index (κ2) is 7.29. The summed E-state index contributed by atoms with van der Waals surface area (Å²) >= 11 is 0. The van der Waals surface area contributed by atoms with E-state index in [0.29, 0.717) is 6.42 Å². The number of fused-ring (bicyclic) bond motifs is 3. The zero-order valence-corrected chi connectivity index (χ0v) is 21.4. The van der Waals surface area contributed by atoms with Gasteiger partial charge in [0.05, 0.1) is 36.4 Å². The Hall–Kier alpha value is -2.13. The summed E-state index contributed by atoms with van der Waals surface area (Å²) < 4.78 is 18.4. The summed E-state index contributed by atoms with van der Waals surface area (Å²) in [7, 11) is 0. The van der Waals surface area contributed by atoms with Crippen LogP contribution in [0.5, 0.6) is 0 Å². The Morgan fingerprint density at radius 1 is 1.19 bits per heavy atom. The Kier molecular flexibility index (Phi) is 4.72. The van der Waals surface area contributed by atoms with Crippen LogP contribution in [-0.2, 0) is 35.2 Å². The van der Waals surface area contributed by atoms with Crippen LogP contribution in [0.25, 0.3) is 0 Å². The Balaban J connectivity index is 1.42. The number of rotatable bonds is 4. The molecule has 0 aromatic heterocycles. The topological polar surface area (TPSA) is 119 Å². The maximum atomic E-state index is 14.2. The lowest BCUT2D eigenvalue weighted by molar-refractivity contribution is -0.435. The third-order valence-electron chi connectivity index (χ3n) is 11.5. The van der Waals surface area contributed by atoms with E-state index in [1.54, 1.807) is 6.92 Å². The lowest BCUT2D eigenvalue weighted by Gasteiger charge is -2.85. The van der Waals surface area contributed by atoms with Crippen LogP contribution in [-0.4, -0.2) is 63.9 Å². The molecule has 2 N–H and O–H groups in total. The van der Waals surface area contributed by atoms with Gasteiger partial charge in [0.25, 0.3) is 0 Å². The molecule has 8 heteroatoms. The van der Waals surface area contributed by atoms with Gasteiger partial charge < -0.3 is 24.4 Å². The van der Waals surface area contributed by atoms with Gasteiger partial charge in [0.2, 0.25) is 11.6 Å². The maximum Gasteiger partial charge on any atom is 0.303 e. The molecule has 6 fully saturated rings. The van der Waals surface area contributed by atoms with E-state index in [-0.39, 0.29) is 37.4 Å². The van der Waals surface area contributed by atoms with Crippen molar-refractivity contribution in [3.8, 4) is 0 Å². The fourth-order valence-electron chi connectivity index (χ4n) is 10.0. The summed E-state index contributed by atoms with van der Waals surface area (Å²) in [6.45, 7) is 5.09. The molecular weight excluding hydrogens is 476 g/mol. The fraction of sp³-hybridized carbons (Fsp3) is 0.690. The van der Waals surface area contributed by atoms with Crippen LogP contribution >= 0.6 is 0 Å². The van der Waals surface area contributed by atoms with Crippen molar-refractivity contribution >= 4 is 17.5 Å². The lowest BCUT2D eigenvalue weighted by Crippen LogP contribution is -2.92. The number of carbonyl (C=O) groups is 3. The summed E-state index contributed by atoms with van der Waals surface area (Å²) in [6, 6.07) is 9.57. The van der Waals surface area contributed by atoms with E-state index in [1.807, 2.05) is 37.3 Å². The number of Topliss-reactive ketones (excluding diaryl/α,β-unsaturated/α-hetero) is 2. The molecular formula is C29H34O8. The van der Waals surface area contributed by atoms with Gasteiger partial charge in [-0.25, -0.2) is 0 Å². The molecule has 37 heavy (non-hydrogen) atoms. The van der Waals surface area contributed by atoms with Gasteiger partial charge >= 0.3 is 5.97 Å². The highest BCUT2D eigenvalue weighted by Gasteiger charge is 2.90. The Bertz CT molecular complexity index is 1200. The van der Waals surface area contributed by atoms with Crippen molar-refractivity contribution in [2.24, 2.45) is 40.4 Å². The van der Waals surface area contributed by atoms with Gasteiger partial charge in [-0.15, -0.1) is 0 Å². The largest absolute Gasteiger partial charge is 0.454 e. The quantitative estimate of drug-likeness (QED) is 0.465. The molecule has 5 saturated carbocycles. The fourth-order valence-corrected chi connectivity index (χ4v) is 10.0. The number of aliphatic hydroxyl groups is 2. The maximum absolute atomic E-state index is 14.2. The molecule has 0 bridgehead atoms. The van der Waals surface area contributed by atoms with Gasteiger partial charge in [0.15, 0.2) is 5.60 Å². The number of hydrogen-bond donors (Lipinski definition) is 2. The zero-order chi connectivity index (χ0) is 26.1. The molecule has 1 heterocycles. The minimum Gasteiger partial charge on any atom is -0.454 e. The Morgan fingerprint density at radius 2 is 1.92 bits per heavy atom. The third kappa shape index (κ3) is 2.48. The van der Waals surface area contributed by atoms with E-state index < -0.39 is 69.7 Å². The lowest BCUT2D eigenvalue weighted by atomic mass is 9.19. The van der Waals surface area contributed by atoms with Gasteiger partial charge in [-0.1, -0.05) is 37.3 Å². The molecule has 198 valence electrons. The summed E-state index contributed by atoms with van der Waals surface area (Å²) in [5, 5.41) is 24.1. The Labute approximate surface area is 215 Å². The van der Waals surface area contributed by atoms with E-state index in [9.17, 15) is 24.6 Å². The van der Waals surface area contributed by atoms with E-state index in [2.05, 4.69) is 0 Å². The first-order chi connectivity index (χ1) is 17.5. The first-order valence-corrected chi connectivity index (χ1v) is 13.5. The van der Waals surface area contributed by atoms with Crippen molar-refractivity contribution in [3.05, 3.63) is 35.9 Å². The van der Waals surface area contributed by atoms with Gasteiger partial charge in [-0.3, -0.25) is 14.4 Å². The molecule has 12 atom stereocenters. The van der Waals surface area contributed by atoms with Crippen LogP contribution in [0.3, 0.4) is 0 Å². The zero-order valence-electron chi connectivity index (χ0n) is 21.4. The van der Waals surface area contributed by atoms with Crippen LogP contribution in [0, 0.1) is 40.4 Å². The normalized spacial score (nSPS) is 52.8. The van der Waals surface area contributed by atoms with Crippen molar-refractivity contribution < 1.29 is 38.8 Å². The number of carbonyl (C=O) groups excluding carboxylic acids is 3. The first kappa shape index (κ1) is 23.9. The average Bonchev–Trinajstić information content (AvgIpc) is 2.85. The van der Waals surface area contributed by atoms with Crippen molar-refractivity contribution in [2.75, 3.05) is 6.61 Å². The van der Waals surface area contributed by atoms with Crippen LogP contribution in [0.4, 0.5) is 0 Å². The summed E-state index contributed by atoms with van der Waals surface area (Å²) in [5.74, 6) is -2.95. The predicted molar refractivity (Wildman–Crippen MR) is 128 cm³/mol. The Morgan fingerprint density at radius 3 is 2.54 bits per heavy atom. The molecule has 0 amide bonds. The molecule has 12 unspecified atom stereocenters. The average molecular weight is 511 g/mol. The van der Waals surface area contributed by atoms with E-state index in [4.69, 9.17) is 14.2 Å². The molecule has 0 radical (unpaired) electrons. The molecule has 7 rings (SSSR count). The standard InChI is InChI=1S/C29H34O8/c1-14-18-9-17-11-28(34)25(35-12-16-7-5-4-6-8-16)23-26(3,24(33)22(32)21(14)29(17,18)28)19(31)10-20-27(23,13-36-20)37-15(2)30/h4-8,14,17-21,23,25,31,34H,9-13H2,1-3H3. The highest BCUT2D eigenvalue weighted by Crippen LogP contribution is 2.85. The van der Waals surface area contributed by atoms with Gasteiger partial charge in [0.1, 0.15) is 6.10 Å². The number of ketones is 2. The van der Waals surface area contributed by atoms with Gasteiger partial charge in [-0.05, 0) is 43.1 Å². The van der Waals surface area contributed by atoms with Crippen molar-refractivity contribution in [1.29, 1.82) is 0 Å². The number of benzene rings is 1. The summed E-state index contributed by atoms with van der Waals surface area (Å²) in [4.78, 5) is 40.5. The molecule has 1 aliphatic heterocycles. The predicted octanol–water partition coefficient (Wildman–Crippen LogP) is 1.83. The summed E-state index contributed by atoms with van der Waals surface area (Å²) in [5.41, 5.74) is -4.09. The molecule has 1 spiro atoms. The number of ether oxygens (including phenoxy) is 3. The molecule has 5 aliphatic carbocycles. The smallest absolute Gasteiger partial charge is 0.303 e. The SMILES string of the molecule is CC(=O)OC12COC1CC(O)C1(C)C(=O)C(=O)C3C(C)C4CC5CC(O)(C(OCc6ccccc6)C21)C543. The minimum atomic E-state index is -1.61. The van der Waals surface area contributed by atoms with Gasteiger partial charge in [0, 0.05) is 30.6 Å². The molecule has 1 aromatic rings. The van der Waals surface area contributed by atoms with Gasteiger partial charge in [-0.2, -0.15) is 0 Å². The van der Waals surface area contributed by atoms with Crippen molar-refractivity contribution in [1.82, 2.24) is 0 Å². The molecule has 1 saturated heterocycles. The summed E-state index contributed by atoms with van der Waals surface area (Å²) in [6.07, 6.45) is -1.37. The van der Waals surface area contributed by atoms with Crippen molar-refractivity contribution in [3.63, 3.8) is 0 Å². The van der Waals surface area contributed by atoms with Crippen LogP contribution in [0.1, 0.15) is 45.6 Å². The monoisotopic (exact) mass is 510 g/mol. The highest BCUT2D eigenvalue weighted by molar-refractivity contribution is 6.40. The van der Waals surface area contributed by atoms with Crippen LogP contribution < -0.4 is 0 Å². The second-order valence-corrected chi connectivity index (χ2v) is 12.7. The number of esters is 1.